The number of nitrogens with zero attached hydrogens (tertiary/aromatic N) is 3. The molecule has 5 aromatic rings. The first-order chi connectivity index (χ1) is 25.4. The first-order valence-corrected chi connectivity index (χ1v) is 16.9. The normalized spacial score (nSPS) is 21.5. The van der Waals surface area contributed by atoms with Crippen LogP contribution < -0.4 is 0 Å². The number of aromatic nitrogens is 3. The number of halogens is 3. The first kappa shape index (κ1) is 36.9. The smallest absolute Gasteiger partial charge is 0.201 e. The van der Waals surface area contributed by atoms with Crippen LogP contribution in [0.4, 0.5) is 13.2 Å². The summed E-state index contributed by atoms with van der Waals surface area (Å²) in [6, 6.07) is 29.9. The van der Waals surface area contributed by atoms with Gasteiger partial charge in [0, 0.05) is 12.0 Å². The minimum Gasteiger partial charge on any atom is -0.374 e. The van der Waals surface area contributed by atoms with Gasteiger partial charge < -0.3 is 23.7 Å². The standard InChI is InChI=1S/C41H40F3N3O5/c1-3-20-41(51-21-4-2)40(50-27-31-18-12-7-13-19-31)38(47-24-35(45-46-47)32-22-33(42)37(44)34(43)23-32)39(49-26-30-16-10-6-11-17-30)36(52-41)28-48-25-29-14-8-5-9-15-29/h3-19,22-24,36,38-40H,1-2,20-21,25-28H2/t36-,38+,39+,40-,41+/m1/s1. The fourth-order valence-corrected chi connectivity index (χ4v) is 6.29. The van der Waals surface area contributed by atoms with Crippen molar-refractivity contribution in [2.75, 3.05) is 13.2 Å². The zero-order valence-corrected chi connectivity index (χ0v) is 28.5. The van der Waals surface area contributed by atoms with Crippen LogP contribution in [0.3, 0.4) is 0 Å². The molecule has 4 aromatic carbocycles. The van der Waals surface area contributed by atoms with Crippen molar-refractivity contribution >= 4 is 0 Å². The van der Waals surface area contributed by atoms with Crippen molar-refractivity contribution in [2.24, 2.45) is 0 Å². The molecule has 1 aromatic heterocycles. The SMILES string of the molecule is C=CCO[C@@]1(CC=C)O[C@H](COCc2ccccc2)[C@H](OCc2ccccc2)[C@H](n2cc(-c3cc(F)c(F)c(F)c3)nn2)[C@H]1OCc1ccccc1. The lowest BCUT2D eigenvalue weighted by Crippen LogP contribution is -2.65. The summed E-state index contributed by atoms with van der Waals surface area (Å²) >= 11 is 0. The van der Waals surface area contributed by atoms with Crippen molar-refractivity contribution in [2.45, 2.75) is 56.4 Å². The van der Waals surface area contributed by atoms with Crippen LogP contribution in [-0.2, 0) is 43.5 Å². The lowest BCUT2D eigenvalue weighted by molar-refractivity contribution is -0.365. The van der Waals surface area contributed by atoms with Crippen LogP contribution in [0.15, 0.2) is 135 Å². The monoisotopic (exact) mass is 711 g/mol. The topological polar surface area (TPSA) is 76.9 Å². The molecule has 5 atom stereocenters. The first-order valence-electron chi connectivity index (χ1n) is 16.9. The van der Waals surface area contributed by atoms with E-state index in [1.165, 1.54) is 10.9 Å². The number of benzene rings is 4. The molecule has 270 valence electrons. The second kappa shape index (κ2) is 17.5. The molecule has 0 radical (unpaired) electrons. The van der Waals surface area contributed by atoms with Crippen LogP contribution in [0.2, 0.25) is 0 Å². The van der Waals surface area contributed by atoms with Crippen LogP contribution in [0, 0.1) is 17.5 Å². The third-order valence-electron chi connectivity index (χ3n) is 8.72. The Morgan fingerprint density at radius 1 is 0.769 bits per heavy atom. The molecule has 2 heterocycles. The lowest BCUT2D eigenvalue weighted by Gasteiger charge is -2.52. The van der Waals surface area contributed by atoms with Crippen molar-refractivity contribution in [1.82, 2.24) is 15.0 Å². The molecule has 0 N–H and O–H groups in total. The van der Waals surface area contributed by atoms with Crippen LogP contribution in [0.1, 0.15) is 29.2 Å². The van der Waals surface area contributed by atoms with E-state index >= 15 is 0 Å². The van der Waals surface area contributed by atoms with E-state index in [0.29, 0.717) is 6.61 Å². The Kier molecular flexibility index (Phi) is 12.4. The van der Waals surface area contributed by atoms with Gasteiger partial charge in [-0.3, -0.25) is 0 Å². The van der Waals surface area contributed by atoms with Crippen LogP contribution >= 0.6 is 0 Å². The average Bonchev–Trinajstić information content (AvgIpc) is 3.66. The van der Waals surface area contributed by atoms with Gasteiger partial charge in [0.1, 0.15) is 30.0 Å². The third kappa shape index (κ3) is 8.75. The molecular weight excluding hydrogens is 671 g/mol. The fraction of sp³-hybridized carbons (Fsp3) is 0.268. The number of ether oxygens (including phenoxy) is 5. The molecule has 11 heteroatoms. The van der Waals surface area contributed by atoms with Crippen LogP contribution in [0.5, 0.6) is 0 Å². The zero-order chi connectivity index (χ0) is 36.3. The van der Waals surface area contributed by atoms with Crippen LogP contribution in [0.25, 0.3) is 11.3 Å². The van der Waals surface area contributed by atoms with E-state index in [2.05, 4.69) is 23.5 Å². The van der Waals surface area contributed by atoms with Crippen molar-refractivity contribution in [1.29, 1.82) is 0 Å². The third-order valence-corrected chi connectivity index (χ3v) is 8.72. The predicted molar refractivity (Wildman–Crippen MR) is 189 cm³/mol. The summed E-state index contributed by atoms with van der Waals surface area (Å²) in [5.41, 5.74) is 2.88. The van der Waals surface area contributed by atoms with Gasteiger partial charge in [0.15, 0.2) is 17.5 Å². The highest BCUT2D eigenvalue weighted by Crippen LogP contribution is 2.44. The highest BCUT2D eigenvalue weighted by atomic mass is 19.2. The van der Waals surface area contributed by atoms with Crippen molar-refractivity contribution in [3.63, 3.8) is 0 Å². The number of hydrogen-bond acceptors (Lipinski definition) is 7. The maximum absolute atomic E-state index is 14.4. The molecule has 6 rings (SSSR count). The van der Waals surface area contributed by atoms with Crippen molar-refractivity contribution < 1.29 is 36.9 Å². The van der Waals surface area contributed by atoms with E-state index in [-0.39, 0.29) is 44.1 Å². The van der Waals surface area contributed by atoms with Crippen LogP contribution in [-0.4, -0.2) is 52.3 Å². The molecule has 0 bridgehead atoms. The minimum atomic E-state index is -1.57. The van der Waals surface area contributed by atoms with Gasteiger partial charge in [0.25, 0.3) is 0 Å². The molecule has 0 amide bonds. The van der Waals surface area contributed by atoms with Gasteiger partial charge in [-0.2, -0.15) is 0 Å². The van der Waals surface area contributed by atoms with Gasteiger partial charge >= 0.3 is 0 Å². The molecule has 1 aliphatic heterocycles. The maximum Gasteiger partial charge on any atom is 0.201 e. The summed E-state index contributed by atoms with van der Waals surface area (Å²) in [6.07, 6.45) is 2.53. The summed E-state index contributed by atoms with van der Waals surface area (Å²) in [5.74, 6) is -5.72. The molecular formula is C41H40F3N3O5. The molecule has 0 saturated carbocycles. The highest BCUT2D eigenvalue weighted by Gasteiger charge is 2.58. The average molecular weight is 712 g/mol. The van der Waals surface area contributed by atoms with Gasteiger partial charge in [-0.25, -0.2) is 17.9 Å². The van der Waals surface area contributed by atoms with E-state index in [1.807, 2.05) is 91.0 Å². The molecule has 0 spiro atoms. The summed E-state index contributed by atoms with van der Waals surface area (Å²) in [6.45, 7) is 8.73. The molecule has 0 unspecified atom stereocenters. The predicted octanol–water partition coefficient (Wildman–Crippen LogP) is 8.16. The summed E-state index contributed by atoms with van der Waals surface area (Å²) in [4.78, 5) is 0. The maximum atomic E-state index is 14.4. The molecule has 52 heavy (non-hydrogen) atoms. The van der Waals surface area contributed by atoms with E-state index in [4.69, 9.17) is 23.7 Å². The van der Waals surface area contributed by atoms with Crippen molar-refractivity contribution in [3.05, 3.63) is 169 Å². The lowest BCUT2D eigenvalue weighted by atomic mass is 9.87. The number of hydrogen-bond donors (Lipinski definition) is 0. The minimum absolute atomic E-state index is 0.00113. The Balaban J connectivity index is 1.45. The second-order valence-corrected chi connectivity index (χ2v) is 12.4. The fourth-order valence-electron chi connectivity index (χ4n) is 6.29. The van der Waals surface area contributed by atoms with Gasteiger partial charge in [-0.05, 0) is 28.8 Å². The Morgan fingerprint density at radius 3 is 1.92 bits per heavy atom. The van der Waals surface area contributed by atoms with E-state index in [9.17, 15) is 13.2 Å². The molecule has 0 aliphatic carbocycles. The Hall–Kier alpha value is -4.91. The van der Waals surface area contributed by atoms with Crippen molar-refractivity contribution in [3.8, 4) is 11.3 Å². The van der Waals surface area contributed by atoms with Gasteiger partial charge in [0.2, 0.25) is 5.79 Å². The quantitative estimate of drug-likeness (QED) is 0.0712. The molecule has 1 aliphatic rings. The highest BCUT2D eigenvalue weighted by molar-refractivity contribution is 5.58. The molecule has 1 saturated heterocycles. The summed E-state index contributed by atoms with van der Waals surface area (Å²) < 4.78 is 77.3. The second-order valence-electron chi connectivity index (χ2n) is 12.4. The molecule has 8 nitrogen and oxygen atoms in total. The van der Waals surface area contributed by atoms with E-state index < -0.39 is 47.6 Å². The summed E-state index contributed by atoms with van der Waals surface area (Å²) in [7, 11) is 0. The number of rotatable bonds is 17. The zero-order valence-electron chi connectivity index (χ0n) is 28.5. The Labute approximate surface area is 301 Å². The van der Waals surface area contributed by atoms with Gasteiger partial charge in [-0.15, -0.1) is 18.3 Å². The Morgan fingerprint density at radius 2 is 1.35 bits per heavy atom. The largest absolute Gasteiger partial charge is 0.374 e. The van der Waals surface area contributed by atoms with Gasteiger partial charge in [-0.1, -0.05) is 108 Å². The van der Waals surface area contributed by atoms with E-state index in [1.54, 1.807) is 12.2 Å². The molecule has 1 fully saturated rings. The Bertz CT molecular complexity index is 1870. The summed E-state index contributed by atoms with van der Waals surface area (Å²) in [5, 5.41) is 8.71. The van der Waals surface area contributed by atoms with Gasteiger partial charge in [0.05, 0.1) is 39.2 Å². The van der Waals surface area contributed by atoms with E-state index in [0.717, 1.165) is 28.8 Å².